The van der Waals surface area contributed by atoms with Crippen LogP contribution in [0.2, 0.25) is 0 Å². The van der Waals surface area contributed by atoms with E-state index < -0.39 is 17.6 Å². The lowest BCUT2D eigenvalue weighted by Gasteiger charge is -2.07. The van der Waals surface area contributed by atoms with Gasteiger partial charge >= 0.3 is 0 Å². The van der Waals surface area contributed by atoms with Crippen molar-refractivity contribution >= 4 is 11.8 Å². The number of amides is 2. The molecule has 2 heterocycles. The van der Waals surface area contributed by atoms with E-state index in [0.717, 1.165) is 17.7 Å². The van der Waals surface area contributed by atoms with Gasteiger partial charge in [-0.3, -0.25) is 25.4 Å². The molecule has 3 aromatic rings. The quantitative estimate of drug-likeness (QED) is 0.695. The van der Waals surface area contributed by atoms with Crippen molar-refractivity contribution in [3.05, 3.63) is 77.1 Å². The first-order valence-corrected chi connectivity index (χ1v) is 8.52. The van der Waals surface area contributed by atoms with Gasteiger partial charge in [0.25, 0.3) is 11.8 Å². The van der Waals surface area contributed by atoms with Crippen LogP contribution in [0.3, 0.4) is 0 Å². The zero-order valence-electron chi connectivity index (χ0n) is 14.3. The van der Waals surface area contributed by atoms with E-state index in [4.69, 9.17) is 0 Å². The third kappa shape index (κ3) is 3.17. The molecule has 1 aliphatic rings. The number of benzene rings is 1. The van der Waals surface area contributed by atoms with Gasteiger partial charge in [-0.25, -0.2) is 9.07 Å². The molecule has 1 aliphatic carbocycles. The Morgan fingerprint density at radius 2 is 1.78 bits per heavy atom. The predicted molar refractivity (Wildman–Crippen MR) is 94.7 cm³/mol. The number of rotatable bonds is 3. The van der Waals surface area contributed by atoms with E-state index in [9.17, 15) is 14.0 Å². The number of para-hydroxylation sites is 1. The summed E-state index contributed by atoms with van der Waals surface area (Å²) in [6.45, 7) is 0. The van der Waals surface area contributed by atoms with Crippen LogP contribution in [-0.4, -0.2) is 26.6 Å². The fraction of sp³-hybridized carbons (Fsp3) is 0.158. The summed E-state index contributed by atoms with van der Waals surface area (Å²) in [5.74, 6) is -1.49. The number of halogens is 1. The maximum Gasteiger partial charge on any atom is 0.290 e. The summed E-state index contributed by atoms with van der Waals surface area (Å²) in [5, 5.41) is 4.31. The Labute approximate surface area is 154 Å². The van der Waals surface area contributed by atoms with E-state index >= 15 is 0 Å². The van der Waals surface area contributed by atoms with Gasteiger partial charge in [-0.15, -0.1) is 0 Å². The molecule has 0 atom stereocenters. The third-order valence-corrected chi connectivity index (χ3v) is 4.41. The Morgan fingerprint density at radius 3 is 2.56 bits per heavy atom. The Kier molecular flexibility index (Phi) is 4.37. The van der Waals surface area contributed by atoms with Gasteiger partial charge in [-0.1, -0.05) is 18.2 Å². The summed E-state index contributed by atoms with van der Waals surface area (Å²) in [5.41, 5.74) is 6.95. The van der Waals surface area contributed by atoms with Crippen molar-refractivity contribution in [1.29, 1.82) is 0 Å². The Bertz CT molecular complexity index is 1020. The molecule has 0 bridgehead atoms. The highest BCUT2D eigenvalue weighted by Crippen LogP contribution is 2.28. The second-order valence-corrected chi connectivity index (χ2v) is 6.11. The van der Waals surface area contributed by atoms with Crippen LogP contribution in [0.25, 0.3) is 5.69 Å². The number of carbonyl (C=O) groups excluding carboxylic acids is 2. The molecule has 136 valence electrons. The standard InChI is InChI=1S/C19H16FN5O2/c20-13-7-1-2-9-16(13)25-15-10-5-6-12(15)17(24-25)19(27)23-22-18(26)14-8-3-4-11-21-14/h1-4,7-9,11H,5-6,10H2,(H,22,26)(H,23,27). The van der Waals surface area contributed by atoms with E-state index in [-0.39, 0.29) is 11.4 Å². The molecule has 2 amide bonds. The highest BCUT2D eigenvalue weighted by Gasteiger charge is 2.28. The molecule has 0 unspecified atom stereocenters. The van der Waals surface area contributed by atoms with Gasteiger partial charge in [0.1, 0.15) is 17.2 Å². The smallest absolute Gasteiger partial charge is 0.266 e. The highest BCUT2D eigenvalue weighted by molar-refractivity contribution is 5.98. The second kappa shape index (κ2) is 6.99. The summed E-state index contributed by atoms with van der Waals surface area (Å²) in [6.07, 6.45) is 3.74. The molecule has 2 N–H and O–H groups in total. The molecule has 0 saturated heterocycles. The molecule has 0 aliphatic heterocycles. The number of hydrogen-bond acceptors (Lipinski definition) is 4. The Morgan fingerprint density at radius 1 is 1.00 bits per heavy atom. The normalized spacial score (nSPS) is 12.5. The molecule has 0 spiro atoms. The van der Waals surface area contributed by atoms with Crippen molar-refractivity contribution < 1.29 is 14.0 Å². The number of hydrazine groups is 1. The van der Waals surface area contributed by atoms with Gasteiger partial charge in [0, 0.05) is 17.5 Å². The molecule has 0 fully saturated rings. The van der Waals surface area contributed by atoms with Crippen LogP contribution in [0.15, 0.2) is 48.7 Å². The van der Waals surface area contributed by atoms with Crippen molar-refractivity contribution in [3.8, 4) is 5.69 Å². The van der Waals surface area contributed by atoms with Crippen LogP contribution in [-0.2, 0) is 12.8 Å². The van der Waals surface area contributed by atoms with Crippen molar-refractivity contribution in [1.82, 2.24) is 25.6 Å². The molecule has 8 heteroatoms. The molecular weight excluding hydrogens is 349 g/mol. The molecule has 27 heavy (non-hydrogen) atoms. The number of aromatic nitrogens is 3. The second-order valence-electron chi connectivity index (χ2n) is 6.11. The van der Waals surface area contributed by atoms with E-state index in [1.807, 2.05) is 0 Å². The summed E-state index contributed by atoms with van der Waals surface area (Å²) >= 11 is 0. The minimum atomic E-state index is -0.549. The number of nitrogens with one attached hydrogen (secondary N) is 2. The fourth-order valence-corrected chi connectivity index (χ4v) is 3.18. The minimum absolute atomic E-state index is 0.180. The lowest BCUT2D eigenvalue weighted by Crippen LogP contribution is -2.42. The number of fused-ring (bicyclic) bond motifs is 1. The molecule has 1 aromatic carbocycles. The van der Waals surface area contributed by atoms with Crippen LogP contribution in [0.4, 0.5) is 4.39 Å². The minimum Gasteiger partial charge on any atom is -0.266 e. The molecule has 2 aromatic heterocycles. The number of carbonyl (C=O) groups is 2. The summed E-state index contributed by atoms with van der Waals surface area (Å²) < 4.78 is 15.6. The molecule has 7 nitrogen and oxygen atoms in total. The number of nitrogens with zero attached hydrogens (tertiary/aromatic N) is 3. The number of pyridine rings is 1. The first-order valence-electron chi connectivity index (χ1n) is 8.52. The number of hydrogen-bond donors (Lipinski definition) is 2. The fourth-order valence-electron chi connectivity index (χ4n) is 3.18. The highest BCUT2D eigenvalue weighted by atomic mass is 19.1. The zero-order chi connectivity index (χ0) is 18.8. The van der Waals surface area contributed by atoms with Gasteiger partial charge < -0.3 is 0 Å². The predicted octanol–water partition coefficient (Wildman–Crippen LogP) is 1.97. The molecule has 4 rings (SSSR count). The Hall–Kier alpha value is -3.55. The van der Waals surface area contributed by atoms with E-state index in [2.05, 4.69) is 20.9 Å². The lowest BCUT2D eigenvalue weighted by atomic mass is 10.2. The van der Waals surface area contributed by atoms with Gasteiger partial charge in [0.2, 0.25) is 0 Å². The molecule has 0 saturated carbocycles. The van der Waals surface area contributed by atoms with Gasteiger partial charge in [0.05, 0.1) is 0 Å². The average Bonchev–Trinajstić information content (AvgIpc) is 3.30. The van der Waals surface area contributed by atoms with Gasteiger partial charge in [-0.05, 0) is 43.5 Å². The monoisotopic (exact) mass is 365 g/mol. The summed E-state index contributed by atoms with van der Waals surface area (Å²) in [4.78, 5) is 28.5. The third-order valence-electron chi connectivity index (χ3n) is 4.41. The van der Waals surface area contributed by atoms with E-state index in [0.29, 0.717) is 18.5 Å². The zero-order valence-corrected chi connectivity index (χ0v) is 14.3. The van der Waals surface area contributed by atoms with E-state index in [1.54, 1.807) is 30.3 Å². The summed E-state index contributed by atoms with van der Waals surface area (Å²) in [6, 6.07) is 11.2. The van der Waals surface area contributed by atoms with Gasteiger partial charge in [0.15, 0.2) is 5.69 Å². The first kappa shape index (κ1) is 16.9. The van der Waals surface area contributed by atoms with Crippen molar-refractivity contribution in [2.24, 2.45) is 0 Å². The molecular formula is C19H16FN5O2. The maximum absolute atomic E-state index is 14.2. The first-order chi connectivity index (χ1) is 13.1. The van der Waals surface area contributed by atoms with Crippen molar-refractivity contribution in [3.63, 3.8) is 0 Å². The van der Waals surface area contributed by atoms with Crippen LogP contribution in [0.1, 0.15) is 38.7 Å². The van der Waals surface area contributed by atoms with Crippen molar-refractivity contribution in [2.75, 3.05) is 0 Å². The van der Waals surface area contributed by atoms with E-state index in [1.165, 1.54) is 23.0 Å². The van der Waals surface area contributed by atoms with Crippen molar-refractivity contribution in [2.45, 2.75) is 19.3 Å². The van der Waals surface area contributed by atoms with Crippen LogP contribution < -0.4 is 10.9 Å². The largest absolute Gasteiger partial charge is 0.290 e. The molecule has 0 radical (unpaired) electrons. The van der Waals surface area contributed by atoms with Crippen LogP contribution in [0.5, 0.6) is 0 Å². The maximum atomic E-state index is 14.2. The summed E-state index contributed by atoms with van der Waals surface area (Å²) in [7, 11) is 0. The van der Waals surface area contributed by atoms with Crippen LogP contribution in [0, 0.1) is 5.82 Å². The van der Waals surface area contributed by atoms with Crippen LogP contribution >= 0.6 is 0 Å². The Balaban J connectivity index is 1.57. The average molecular weight is 365 g/mol. The SMILES string of the molecule is O=C(NNC(=O)c1nn(-c2ccccc2F)c2c1CCC2)c1ccccn1. The topological polar surface area (TPSA) is 88.9 Å². The van der Waals surface area contributed by atoms with Gasteiger partial charge in [-0.2, -0.15) is 5.10 Å². The lowest BCUT2D eigenvalue weighted by molar-refractivity contribution is 0.0840.